The lowest BCUT2D eigenvalue weighted by molar-refractivity contribution is -0.114. The van der Waals surface area contributed by atoms with Crippen LogP contribution in [0.5, 0.6) is 11.8 Å². The van der Waals surface area contributed by atoms with Crippen LogP contribution in [0.3, 0.4) is 0 Å². The topological polar surface area (TPSA) is 89.6 Å². The zero-order valence-electron chi connectivity index (χ0n) is 13.0. The Morgan fingerprint density at radius 1 is 0.913 bits per heavy atom. The van der Waals surface area contributed by atoms with Crippen LogP contribution in [0.15, 0.2) is 36.4 Å². The molecule has 0 bridgehead atoms. The predicted octanol–water partition coefficient (Wildman–Crippen LogP) is 2.31. The predicted molar refractivity (Wildman–Crippen MR) is 86.0 cm³/mol. The van der Waals surface area contributed by atoms with Crippen LogP contribution in [0, 0.1) is 0 Å². The third-order valence-corrected chi connectivity index (χ3v) is 2.94. The first-order valence-corrected chi connectivity index (χ1v) is 6.81. The summed E-state index contributed by atoms with van der Waals surface area (Å²) < 4.78 is 10.1. The summed E-state index contributed by atoms with van der Waals surface area (Å²) in [6.45, 7) is 1.43. The molecule has 0 aliphatic heterocycles. The lowest BCUT2D eigenvalue weighted by Crippen LogP contribution is -2.14. The van der Waals surface area contributed by atoms with Gasteiger partial charge in [-0.3, -0.25) is 9.59 Å². The van der Waals surface area contributed by atoms with Gasteiger partial charge < -0.3 is 20.1 Å². The Labute approximate surface area is 133 Å². The minimum atomic E-state index is -0.357. The Morgan fingerprint density at radius 3 is 2.04 bits per heavy atom. The van der Waals surface area contributed by atoms with E-state index in [1.165, 1.54) is 21.1 Å². The van der Waals surface area contributed by atoms with Gasteiger partial charge >= 0.3 is 0 Å². The summed E-state index contributed by atoms with van der Waals surface area (Å²) in [5.74, 6) is 0.0230. The zero-order valence-corrected chi connectivity index (χ0v) is 13.0. The zero-order chi connectivity index (χ0) is 16.8. The Balaban J connectivity index is 2.14. The molecule has 0 aliphatic rings. The summed E-state index contributed by atoms with van der Waals surface area (Å²) in [6.07, 6.45) is 0. The van der Waals surface area contributed by atoms with Gasteiger partial charge in [-0.2, -0.15) is 4.98 Å². The molecular weight excluding hydrogens is 298 g/mol. The van der Waals surface area contributed by atoms with Crippen LogP contribution < -0.4 is 20.1 Å². The minimum absolute atomic E-state index is 0.157. The van der Waals surface area contributed by atoms with Gasteiger partial charge in [-0.25, -0.2) is 0 Å². The monoisotopic (exact) mass is 315 g/mol. The number of rotatable bonds is 5. The van der Waals surface area contributed by atoms with Gasteiger partial charge in [-0.1, -0.05) is 0 Å². The highest BCUT2D eigenvalue weighted by molar-refractivity contribution is 6.06. The highest BCUT2D eigenvalue weighted by atomic mass is 16.5. The molecule has 0 spiro atoms. The van der Waals surface area contributed by atoms with Crippen molar-refractivity contribution in [1.82, 2.24) is 4.98 Å². The Kier molecular flexibility index (Phi) is 5.14. The van der Waals surface area contributed by atoms with Crippen molar-refractivity contribution in [3.8, 4) is 11.8 Å². The van der Waals surface area contributed by atoms with Crippen LogP contribution in [0.2, 0.25) is 0 Å². The number of hydrogen-bond donors (Lipinski definition) is 2. The van der Waals surface area contributed by atoms with Crippen molar-refractivity contribution in [3.63, 3.8) is 0 Å². The van der Waals surface area contributed by atoms with Gasteiger partial charge in [0.15, 0.2) is 0 Å². The second-order valence-corrected chi connectivity index (χ2v) is 4.62. The molecule has 2 N–H and O–H groups in total. The molecule has 1 aromatic heterocycles. The van der Waals surface area contributed by atoms with Gasteiger partial charge in [-0.15, -0.1) is 0 Å². The minimum Gasteiger partial charge on any atom is -0.481 e. The largest absolute Gasteiger partial charge is 0.481 e. The van der Waals surface area contributed by atoms with E-state index in [-0.39, 0.29) is 17.7 Å². The molecule has 0 aliphatic carbocycles. The van der Waals surface area contributed by atoms with Crippen LogP contribution in [-0.4, -0.2) is 31.0 Å². The number of amides is 2. The van der Waals surface area contributed by atoms with E-state index in [1.54, 1.807) is 36.4 Å². The second-order valence-electron chi connectivity index (χ2n) is 4.62. The van der Waals surface area contributed by atoms with Gasteiger partial charge in [0, 0.05) is 24.4 Å². The molecule has 7 heteroatoms. The number of nitrogens with zero attached hydrogens (tertiary/aromatic N) is 1. The lowest BCUT2D eigenvalue weighted by atomic mass is 10.2. The Morgan fingerprint density at radius 2 is 1.52 bits per heavy atom. The van der Waals surface area contributed by atoms with E-state index >= 15 is 0 Å². The summed E-state index contributed by atoms with van der Waals surface area (Å²) in [7, 11) is 2.92. The molecule has 0 radical (unpaired) electrons. The molecule has 0 saturated heterocycles. The van der Waals surface area contributed by atoms with E-state index in [1.807, 2.05) is 0 Å². The van der Waals surface area contributed by atoms with E-state index < -0.39 is 0 Å². The van der Waals surface area contributed by atoms with Crippen molar-refractivity contribution in [1.29, 1.82) is 0 Å². The number of benzene rings is 1. The third kappa shape index (κ3) is 4.19. The van der Waals surface area contributed by atoms with Gasteiger partial charge in [0.25, 0.3) is 5.91 Å². The molecule has 2 amide bonds. The normalized spacial score (nSPS) is 9.87. The molecule has 0 atom stereocenters. The smallest absolute Gasteiger partial charge is 0.261 e. The Bertz CT molecular complexity index is 714. The summed E-state index contributed by atoms with van der Waals surface area (Å²) in [4.78, 5) is 27.4. The molecule has 1 aromatic carbocycles. The van der Waals surface area contributed by atoms with Gasteiger partial charge in [0.2, 0.25) is 17.7 Å². The number of carbonyl (C=O) groups is 2. The first-order chi connectivity index (χ1) is 11.0. The highest BCUT2D eigenvalue weighted by Gasteiger charge is 2.15. The highest BCUT2D eigenvalue weighted by Crippen LogP contribution is 2.21. The van der Waals surface area contributed by atoms with E-state index in [0.717, 1.165) is 0 Å². The van der Waals surface area contributed by atoms with Gasteiger partial charge in [0.1, 0.15) is 5.56 Å². The molecule has 23 heavy (non-hydrogen) atoms. The number of ether oxygens (including phenoxy) is 2. The van der Waals surface area contributed by atoms with Gasteiger partial charge in [-0.05, 0) is 30.3 Å². The summed E-state index contributed by atoms with van der Waals surface area (Å²) >= 11 is 0. The van der Waals surface area contributed by atoms with E-state index in [9.17, 15) is 9.59 Å². The van der Waals surface area contributed by atoms with E-state index in [0.29, 0.717) is 22.8 Å². The number of nitrogens with one attached hydrogen (secondary N) is 2. The molecule has 2 aromatic rings. The van der Waals surface area contributed by atoms with Crippen LogP contribution in [0.4, 0.5) is 11.4 Å². The first-order valence-electron chi connectivity index (χ1n) is 6.81. The fourth-order valence-corrected chi connectivity index (χ4v) is 1.90. The standard InChI is InChI=1S/C16H17N3O4/c1-10(20)17-11-4-6-12(7-5-11)18-15(21)13-8-9-14(22-2)19-16(13)23-3/h4-9H,1-3H3,(H,17,20)(H,18,21). The van der Waals surface area contributed by atoms with Crippen LogP contribution >= 0.6 is 0 Å². The second kappa shape index (κ2) is 7.26. The number of methoxy groups -OCH3 is 2. The molecule has 0 saturated carbocycles. The fraction of sp³-hybridized carbons (Fsp3) is 0.188. The summed E-state index contributed by atoms with van der Waals surface area (Å²) in [5, 5.41) is 5.39. The quantitative estimate of drug-likeness (QED) is 0.883. The van der Waals surface area contributed by atoms with Crippen molar-refractivity contribution in [2.75, 3.05) is 24.9 Å². The summed E-state index contributed by atoms with van der Waals surface area (Å²) in [5.41, 5.74) is 1.53. The van der Waals surface area contributed by atoms with Crippen molar-refractivity contribution >= 4 is 23.2 Å². The molecule has 120 valence electrons. The van der Waals surface area contributed by atoms with Crippen LogP contribution in [-0.2, 0) is 4.79 Å². The number of carbonyl (C=O) groups excluding carboxylic acids is 2. The van der Waals surface area contributed by atoms with Crippen molar-refractivity contribution in [2.45, 2.75) is 6.92 Å². The Hall–Kier alpha value is -3.09. The van der Waals surface area contributed by atoms with E-state index in [4.69, 9.17) is 9.47 Å². The van der Waals surface area contributed by atoms with Crippen molar-refractivity contribution < 1.29 is 19.1 Å². The molecule has 1 heterocycles. The average Bonchev–Trinajstić information content (AvgIpc) is 2.55. The van der Waals surface area contributed by atoms with Crippen LogP contribution in [0.25, 0.3) is 0 Å². The molecular formula is C16H17N3O4. The van der Waals surface area contributed by atoms with E-state index in [2.05, 4.69) is 15.6 Å². The maximum atomic E-state index is 12.3. The number of pyridine rings is 1. The third-order valence-electron chi connectivity index (χ3n) is 2.94. The number of hydrogen-bond acceptors (Lipinski definition) is 5. The fourth-order valence-electron chi connectivity index (χ4n) is 1.90. The molecule has 0 fully saturated rings. The maximum Gasteiger partial charge on any atom is 0.261 e. The molecule has 2 rings (SSSR count). The van der Waals surface area contributed by atoms with Crippen LogP contribution in [0.1, 0.15) is 17.3 Å². The molecule has 0 unspecified atom stereocenters. The lowest BCUT2D eigenvalue weighted by Gasteiger charge is -2.10. The first kappa shape index (κ1) is 16.3. The summed E-state index contributed by atoms with van der Waals surface area (Å²) in [6, 6.07) is 9.92. The average molecular weight is 315 g/mol. The van der Waals surface area contributed by atoms with Crippen molar-refractivity contribution in [3.05, 3.63) is 42.0 Å². The SMILES string of the molecule is COc1ccc(C(=O)Nc2ccc(NC(C)=O)cc2)c(OC)n1. The maximum absolute atomic E-state index is 12.3. The molecule has 7 nitrogen and oxygen atoms in total. The van der Waals surface area contributed by atoms with Gasteiger partial charge in [0.05, 0.1) is 14.2 Å². The van der Waals surface area contributed by atoms with Crippen molar-refractivity contribution in [2.24, 2.45) is 0 Å². The number of anilines is 2. The number of aromatic nitrogens is 1.